The van der Waals surface area contributed by atoms with Crippen molar-refractivity contribution in [1.29, 1.82) is 0 Å². The molecule has 1 saturated heterocycles. The zero-order valence-corrected chi connectivity index (χ0v) is 15.5. The number of carbonyl (C=O) groups is 1. The minimum Gasteiger partial charge on any atom is -0.480 e. The molecule has 27 heavy (non-hydrogen) atoms. The van der Waals surface area contributed by atoms with Crippen LogP contribution in [-0.4, -0.2) is 29.1 Å². The van der Waals surface area contributed by atoms with Gasteiger partial charge in [0.05, 0.1) is 10.6 Å². The van der Waals surface area contributed by atoms with Crippen LogP contribution in [0, 0.1) is 18.2 Å². The van der Waals surface area contributed by atoms with E-state index in [0.29, 0.717) is 28.1 Å². The third kappa shape index (κ3) is 4.39. The van der Waals surface area contributed by atoms with E-state index in [-0.39, 0.29) is 18.3 Å². The van der Waals surface area contributed by atoms with Crippen LogP contribution in [0.4, 0.5) is 10.1 Å². The number of thioether (sulfide) groups is 1. The Bertz CT molecular complexity index is 945. The number of rotatable bonds is 5. The normalized spacial score (nSPS) is 16.8. The average Bonchev–Trinajstić information content (AvgIpc) is 2.97. The molecule has 136 valence electrons. The van der Waals surface area contributed by atoms with Crippen molar-refractivity contribution < 1.29 is 13.9 Å². The molecule has 0 spiro atoms. The summed E-state index contributed by atoms with van der Waals surface area (Å²) in [5, 5.41) is 0.558. The lowest BCUT2D eigenvalue weighted by atomic mass is 10.2. The van der Waals surface area contributed by atoms with Crippen LogP contribution < -0.4 is 4.74 Å². The summed E-state index contributed by atoms with van der Waals surface area (Å²) in [6.07, 6.45) is 7.03. The van der Waals surface area contributed by atoms with Gasteiger partial charge >= 0.3 is 0 Å². The molecule has 0 radical (unpaired) electrons. The molecule has 0 aromatic heterocycles. The van der Waals surface area contributed by atoms with E-state index in [0.717, 1.165) is 5.56 Å². The highest BCUT2D eigenvalue weighted by Crippen LogP contribution is 2.35. The molecule has 0 N–H and O–H groups in total. The monoisotopic (exact) mass is 380 g/mol. The number of benzene rings is 2. The summed E-state index contributed by atoms with van der Waals surface area (Å²) in [5.41, 5.74) is 1.35. The minimum atomic E-state index is -0.328. The summed E-state index contributed by atoms with van der Waals surface area (Å²) < 4.78 is 18.6. The number of nitrogens with zero attached hydrogens (tertiary/aromatic N) is 2. The summed E-state index contributed by atoms with van der Waals surface area (Å²) in [6, 6.07) is 13.2. The third-order valence-electron chi connectivity index (χ3n) is 3.77. The Kier molecular flexibility index (Phi) is 5.94. The second kappa shape index (κ2) is 8.56. The molecule has 6 heteroatoms. The van der Waals surface area contributed by atoms with Crippen molar-refractivity contribution in [3.63, 3.8) is 0 Å². The SMILES string of the molecule is C#CCOc1ccccc1/C=C1/SC(=Nc2ccc(F)cc2)N(CC)C1=O. The number of hydrogen-bond donors (Lipinski definition) is 0. The fourth-order valence-electron chi connectivity index (χ4n) is 2.49. The molecule has 0 aliphatic carbocycles. The number of amidine groups is 1. The number of amides is 1. The maximum absolute atomic E-state index is 13.1. The van der Waals surface area contributed by atoms with E-state index in [1.807, 2.05) is 25.1 Å². The maximum atomic E-state index is 13.1. The van der Waals surface area contributed by atoms with E-state index in [1.165, 1.54) is 23.9 Å². The number of halogens is 1. The van der Waals surface area contributed by atoms with Crippen molar-refractivity contribution in [2.24, 2.45) is 4.99 Å². The smallest absolute Gasteiger partial charge is 0.266 e. The highest BCUT2D eigenvalue weighted by Gasteiger charge is 2.32. The molecule has 3 rings (SSSR count). The van der Waals surface area contributed by atoms with Crippen LogP contribution in [0.3, 0.4) is 0 Å². The fraction of sp³-hybridized carbons (Fsp3) is 0.143. The van der Waals surface area contributed by atoms with Gasteiger partial charge in [-0.3, -0.25) is 9.69 Å². The summed E-state index contributed by atoms with van der Waals surface area (Å²) in [7, 11) is 0. The molecule has 1 amide bonds. The molecular weight excluding hydrogens is 363 g/mol. The molecule has 1 fully saturated rings. The van der Waals surface area contributed by atoms with Gasteiger partial charge < -0.3 is 4.74 Å². The first kappa shape index (κ1) is 18.7. The zero-order chi connectivity index (χ0) is 19.2. The van der Waals surface area contributed by atoms with Gasteiger partial charge in [-0.25, -0.2) is 9.38 Å². The number of para-hydroxylation sites is 1. The molecule has 1 aliphatic rings. The van der Waals surface area contributed by atoms with Gasteiger partial charge in [0.2, 0.25) is 0 Å². The van der Waals surface area contributed by atoms with Crippen molar-refractivity contribution in [2.45, 2.75) is 6.92 Å². The topological polar surface area (TPSA) is 41.9 Å². The Balaban J connectivity index is 1.92. The van der Waals surface area contributed by atoms with Crippen molar-refractivity contribution in [3.05, 3.63) is 64.8 Å². The molecular formula is C21H17FN2O2S. The summed E-state index contributed by atoms with van der Waals surface area (Å²) in [5.74, 6) is 2.59. The maximum Gasteiger partial charge on any atom is 0.266 e. The van der Waals surface area contributed by atoms with Gasteiger partial charge in [0, 0.05) is 12.1 Å². The summed E-state index contributed by atoms with van der Waals surface area (Å²) >= 11 is 1.28. The third-order valence-corrected chi connectivity index (χ3v) is 4.78. The van der Waals surface area contributed by atoms with E-state index in [1.54, 1.807) is 29.2 Å². The molecule has 1 heterocycles. The first-order valence-corrected chi connectivity index (χ1v) is 9.15. The van der Waals surface area contributed by atoms with Crippen molar-refractivity contribution in [2.75, 3.05) is 13.2 Å². The second-order valence-electron chi connectivity index (χ2n) is 5.56. The first-order valence-electron chi connectivity index (χ1n) is 8.33. The molecule has 2 aromatic carbocycles. The Hall–Kier alpha value is -3.04. The van der Waals surface area contributed by atoms with Crippen LogP contribution in [0.25, 0.3) is 6.08 Å². The first-order chi connectivity index (χ1) is 13.1. The van der Waals surface area contributed by atoms with Crippen LogP contribution in [0.15, 0.2) is 58.4 Å². The highest BCUT2D eigenvalue weighted by molar-refractivity contribution is 8.18. The molecule has 4 nitrogen and oxygen atoms in total. The number of terminal acetylenes is 1. The van der Waals surface area contributed by atoms with E-state index in [2.05, 4.69) is 10.9 Å². The van der Waals surface area contributed by atoms with E-state index in [9.17, 15) is 9.18 Å². The molecule has 0 atom stereocenters. The quantitative estimate of drug-likeness (QED) is 0.568. The zero-order valence-electron chi connectivity index (χ0n) is 14.7. The van der Waals surface area contributed by atoms with Crippen LogP contribution in [0.1, 0.15) is 12.5 Å². The van der Waals surface area contributed by atoms with Gasteiger partial charge in [-0.2, -0.15) is 0 Å². The standard InChI is InChI=1S/C21H17FN2O2S/c1-3-13-26-18-8-6-5-7-15(18)14-19-20(25)24(4-2)21(27-19)23-17-11-9-16(22)10-12-17/h1,5-12,14H,4,13H2,2H3/b19-14+,23-21?. The predicted octanol–water partition coefficient (Wildman–Crippen LogP) is 4.46. The van der Waals surface area contributed by atoms with E-state index < -0.39 is 0 Å². The Morgan fingerprint density at radius 3 is 2.70 bits per heavy atom. The average molecular weight is 380 g/mol. The Labute approximate surface area is 161 Å². The van der Waals surface area contributed by atoms with Crippen LogP contribution in [-0.2, 0) is 4.79 Å². The lowest BCUT2D eigenvalue weighted by Gasteiger charge is -2.12. The van der Waals surface area contributed by atoms with Crippen molar-refractivity contribution in [3.8, 4) is 18.1 Å². The minimum absolute atomic E-state index is 0.130. The largest absolute Gasteiger partial charge is 0.480 e. The number of aliphatic imine (C=N–C) groups is 1. The fourth-order valence-corrected chi connectivity index (χ4v) is 3.54. The van der Waals surface area contributed by atoms with E-state index >= 15 is 0 Å². The predicted molar refractivity (Wildman–Crippen MR) is 107 cm³/mol. The number of likely N-dealkylation sites (N-methyl/N-ethyl adjacent to an activating group) is 1. The van der Waals surface area contributed by atoms with Crippen LogP contribution in [0.5, 0.6) is 5.75 Å². The van der Waals surface area contributed by atoms with Gasteiger partial charge in [0.15, 0.2) is 5.17 Å². The molecule has 2 aromatic rings. The Morgan fingerprint density at radius 2 is 2.00 bits per heavy atom. The second-order valence-corrected chi connectivity index (χ2v) is 6.57. The molecule has 1 aliphatic heterocycles. The Morgan fingerprint density at radius 1 is 1.26 bits per heavy atom. The van der Waals surface area contributed by atoms with E-state index in [4.69, 9.17) is 11.2 Å². The molecule has 0 unspecified atom stereocenters. The van der Waals surface area contributed by atoms with Crippen LogP contribution >= 0.6 is 11.8 Å². The van der Waals surface area contributed by atoms with Gasteiger partial charge in [0.25, 0.3) is 5.91 Å². The molecule has 0 saturated carbocycles. The number of ether oxygens (including phenoxy) is 1. The van der Waals surface area contributed by atoms with Gasteiger partial charge in [0.1, 0.15) is 18.2 Å². The lowest BCUT2D eigenvalue weighted by Crippen LogP contribution is -2.28. The van der Waals surface area contributed by atoms with Crippen LogP contribution in [0.2, 0.25) is 0 Å². The van der Waals surface area contributed by atoms with Crippen molar-refractivity contribution >= 4 is 34.6 Å². The van der Waals surface area contributed by atoms with Gasteiger partial charge in [-0.05, 0) is 55.1 Å². The number of carbonyl (C=O) groups excluding carboxylic acids is 1. The lowest BCUT2D eigenvalue weighted by molar-refractivity contribution is -0.122. The number of hydrogen-bond acceptors (Lipinski definition) is 4. The summed E-state index contributed by atoms with van der Waals surface area (Å²) in [4.78, 5) is 19.4. The van der Waals surface area contributed by atoms with Gasteiger partial charge in [-0.1, -0.05) is 24.1 Å². The molecule has 0 bridgehead atoms. The highest BCUT2D eigenvalue weighted by atomic mass is 32.2. The summed E-state index contributed by atoms with van der Waals surface area (Å²) in [6.45, 7) is 2.52. The van der Waals surface area contributed by atoms with Gasteiger partial charge in [-0.15, -0.1) is 6.42 Å². The van der Waals surface area contributed by atoms with Crippen molar-refractivity contribution in [1.82, 2.24) is 4.90 Å².